The molecule has 2 aliphatic rings. The lowest BCUT2D eigenvalue weighted by molar-refractivity contribution is -0.156. The van der Waals surface area contributed by atoms with E-state index in [1.54, 1.807) is 0 Å². The van der Waals surface area contributed by atoms with Gasteiger partial charge in [0.1, 0.15) is 23.3 Å². The molecule has 2 fully saturated rings. The normalized spacial score (nSPS) is 21.6. The van der Waals surface area contributed by atoms with Crippen molar-refractivity contribution < 1.29 is 40.2 Å². The lowest BCUT2D eigenvalue weighted by Crippen LogP contribution is -2.58. The van der Waals surface area contributed by atoms with Gasteiger partial charge in [-0.25, -0.2) is 22.5 Å². The van der Waals surface area contributed by atoms with Crippen LogP contribution in [0.2, 0.25) is 5.02 Å². The smallest absolute Gasteiger partial charge is 0.446 e. The largest absolute Gasteiger partial charge is 0.486 e. The Hall–Kier alpha value is -3.27. The first-order valence-corrected chi connectivity index (χ1v) is 12.6. The zero-order chi connectivity index (χ0) is 28.1. The number of benzene rings is 2. The van der Waals surface area contributed by atoms with E-state index >= 15 is 0 Å². The number of carbonyl (C=O) groups excluding carboxylic acids is 1. The number of alkyl halides is 3. The number of morpholine rings is 1. The van der Waals surface area contributed by atoms with E-state index in [9.17, 15) is 26.0 Å². The first-order chi connectivity index (χ1) is 17.8. The van der Waals surface area contributed by atoms with Crippen LogP contribution in [0.25, 0.3) is 9.69 Å². The zero-order valence-corrected chi connectivity index (χ0v) is 20.9. The number of hydrogen-bond donors (Lipinski definition) is 1. The number of rotatable bonds is 4. The Morgan fingerprint density at radius 2 is 1.87 bits per heavy atom. The summed E-state index contributed by atoms with van der Waals surface area (Å²) in [6, 6.07) is 7.91. The molecule has 9 nitrogen and oxygen atoms in total. The summed E-state index contributed by atoms with van der Waals surface area (Å²) in [5.41, 5.74) is -1.20. The van der Waals surface area contributed by atoms with Crippen LogP contribution in [0.5, 0.6) is 5.75 Å². The molecule has 15 heteroatoms. The SMILES string of the molecule is O=CC(F)(F)F.[C-]#[N+]c1ccc(O[C@H]2CN(S(=O)(=O)c3ccc(Cl)cc3[N+]#[C-])C[C@@]23CNCCO3)cc1F. The molecule has 1 spiro atoms. The Bertz CT molecular complexity index is 1390. The van der Waals surface area contributed by atoms with Gasteiger partial charge in [0.2, 0.25) is 27.7 Å². The summed E-state index contributed by atoms with van der Waals surface area (Å²) in [6.07, 6.45) is -6.44. The average molecular weight is 575 g/mol. The van der Waals surface area contributed by atoms with E-state index in [-0.39, 0.29) is 40.1 Å². The van der Waals surface area contributed by atoms with Crippen LogP contribution < -0.4 is 10.1 Å². The fourth-order valence-electron chi connectivity index (χ4n) is 3.88. The van der Waals surface area contributed by atoms with Gasteiger partial charge in [0.05, 0.1) is 31.2 Å². The summed E-state index contributed by atoms with van der Waals surface area (Å²) < 4.78 is 85.3. The van der Waals surface area contributed by atoms with Crippen molar-refractivity contribution in [1.29, 1.82) is 0 Å². The van der Waals surface area contributed by atoms with Crippen molar-refractivity contribution in [1.82, 2.24) is 9.62 Å². The number of nitrogens with one attached hydrogen (secondary N) is 1. The molecule has 202 valence electrons. The molecule has 0 bridgehead atoms. The number of ether oxygens (including phenoxy) is 2. The van der Waals surface area contributed by atoms with Crippen molar-refractivity contribution in [2.75, 3.05) is 32.8 Å². The van der Waals surface area contributed by atoms with Crippen LogP contribution in [0.3, 0.4) is 0 Å². The van der Waals surface area contributed by atoms with Crippen molar-refractivity contribution in [2.24, 2.45) is 0 Å². The second kappa shape index (κ2) is 11.6. The molecule has 1 N–H and O–H groups in total. The Morgan fingerprint density at radius 3 is 2.42 bits per heavy atom. The molecule has 2 aromatic carbocycles. The third kappa shape index (κ3) is 6.59. The van der Waals surface area contributed by atoms with E-state index in [1.807, 2.05) is 0 Å². The molecule has 0 radical (unpaired) electrons. The van der Waals surface area contributed by atoms with Crippen LogP contribution in [0.15, 0.2) is 41.3 Å². The lowest BCUT2D eigenvalue weighted by Gasteiger charge is -2.38. The molecule has 2 aromatic rings. The summed E-state index contributed by atoms with van der Waals surface area (Å²) in [4.78, 5) is 14.9. The maximum atomic E-state index is 14.1. The molecular formula is C23H19ClF4N4O5S. The van der Waals surface area contributed by atoms with Crippen LogP contribution in [0.1, 0.15) is 0 Å². The van der Waals surface area contributed by atoms with Crippen LogP contribution in [-0.2, 0) is 19.6 Å². The molecule has 0 unspecified atom stereocenters. The molecule has 2 heterocycles. The predicted molar refractivity (Wildman–Crippen MR) is 127 cm³/mol. The molecule has 2 atom stereocenters. The lowest BCUT2D eigenvalue weighted by atomic mass is 9.98. The fourth-order valence-corrected chi connectivity index (χ4v) is 5.65. The molecule has 0 aliphatic carbocycles. The van der Waals surface area contributed by atoms with Gasteiger partial charge in [-0.2, -0.15) is 17.5 Å². The Balaban J connectivity index is 0.000000599. The van der Waals surface area contributed by atoms with Crippen LogP contribution in [-0.4, -0.2) is 69.7 Å². The topological polar surface area (TPSA) is 93.7 Å². The van der Waals surface area contributed by atoms with Crippen LogP contribution in [0, 0.1) is 19.0 Å². The standard InChI is InChI=1S/C21H18ClFN4O4S.C2HF3O/c1-24-17-5-4-15(10-16(17)23)31-20-11-27(13-21(20)12-26-7-8-30-21)32(28,29)19-6-3-14(22)9-18(19)25-2;3-2(4,5)1-6/h3-6,9-10,20,26H,7-8,11-13H2;1H/t20-,21-;/m0./s1. The minimum Gasteiger partial charge on any atom is -0.486 e. The van der Waals surface area contributed by atoms with E-state index in [0.717, 1.165) is 6.07 Å². The summed E-state index contributed by atoms with van der Waals surface area (Å²) >= 11 is 5.92. The number of nitrogens with zero attached hydrogens (tertiary/aromatic N) is 3. The third-order valence-electron chi connectivity index (χ3n) is 5.60. The van der Waals surface area contributed by atoms with Gasteiger partial charge in [0.15, 0.2) is 0 Å². The fraction of sp³-hybridized carbons (Fsp3) is 0.348. The molecule has 0 amide bonds. The Labute approximate surface area is 220 Å². The van der Waals surface area contributed by atoms with E-state index in [0.29, 0.717) is 19.7 Å². The highest BCUT2D eigenvalue weighted by molar-refractivity contribution is 7.89. The summed E-state index contributed by atoms with van der Waals surface area (Å²) in [7, 11) is -4.06. The van der Waals surface area contributed by atoms with Gasteiger partial charge in [-0.05, 0) is 24.3 Å². The van der Waals surface area contributed by atoms with Gasteiger partial charge in [-0.15, -0.1) is 0 Å². The molecule has 4 rings (SSSR count). The van der Waals surface area contributed by atoms with Gasteiger partial charge in [-0.3, -0.25) is 4.79 Å². The highest BCUT2D eigenvalue weighted by Crippen LogP contribution is 2.37. The monoisotopic (exact) mass is 574 g/mol. The van der Waals surface area contributed by atoms with Gasteiger partial charge < -0.3 is 14.8 Å². The van der Waals surface area contributed by atoms with Crippen molar-refractivity contribution in [3.63, 3.8) is 0 Å². The predicted octanol–water partition coefficient (Wildman–Crippen LogP) is 4.14. The molecule has 0 saturated carbocycles. The highest BCUT2D eigenvalue weighted by atomic mass is 35.5. The quantitative estimate of drug-likeness (QED) is 0.335. The maximum Gasteiger partial charge on any atom is 0.446 e. The molecule has 2 saturated heterocycles. The number of aldehydes is 1. The Kier molecular flexibility index (Phi) is 8.97. The second-order valence-electron chi connectivity index (χ2n) is 8.10. The van der Waals surface area contributed by atoms with Crippen molar-refractivity contribution in [3.8, 4) is 5.75 Å². The molecular weight excluding hydrogens is 556 g/mol. The first kappa shape index (κ1) is 29.3. The van der Waals surface area contributed by atoms with Crippen molar-refractivity contribution >= 4 is 39.3 Å². The van der Waals surface area contributed by atoms with E-state index in [1.165, 1.54) is 34.6 Å². The van der Waals surface area contributed by atoms with Crippen LogP contribution >= 0.6 is 11.6 Å². The second-order valence-corrected chi connectivity index (χ2v) is 10.4. The van der Waals surface area contributed by atoms with E-state index in [2.05, 4.69) is 15.0 Å². The van der Waals surface area contributed by atoms with E-state index in [4.69, 9.17) is 39.0 Å². The summed E-state index contributed by atoms with van der Waals surface area (Å²) in [5.74, 6) is -0.555. The maximum absolute atomic E-state index is 14.1. The van der Waals surface area contributed by atoms with Crippen molar-refractivity contribution in [3.05, 3.63) is 70.1 Å². The summed E-state index contributed by atoms with van der Waals surface area (Å²) in [6.45, 7) is 15.5. The zero-order valence-electron chi connectivity index (χ0n) is 19.3. The van der Waals surface area contributed by atoms with Crippen molar-refractivity contribution in [2.45, 2.75) is 22.8 Å². The van der Waals surface area contributed by atoms with Gasteiger partial charge in [-0.1, -0.05) is 17.7 Å². The number of sulfonamides is 1. The van der Waals surface area contributed by atoms with Gasteiger partial charge in [0, 0.05) is 30.7 Å². The van der Waals surface area contributed by atoms with Gasteiger partial charge in [0.25, 0.3) is 0 Å². The van der Waals surface area contributed by atoms with E-state index < -0.39 is 40.0 Å². The number of carbonyl (C=O) groups is 1. The molecule has 2 aliphatic heterocycles. The van der Waals surface area contributed by atoms with Gasteiger partial charge >= 0.3 is 6.18 Å². The molecule has 0 aromatic heterocycles. The number of hydrogen-bond acceptors (Lipinski definition) is 6. The molecule has 38 heavy (non-hydrogen) atoms. The minimum absolute atomic E-state index is 0.00428. The minimum atomic E-state index is -4.64. The number of halogens is 5. The average Bonchev–Trinajstić information content (AvgIpc) is 3.22. The highest BCUT2D eigenvalue weighted by Gasteiger charge is 2.54. The summed E-state index contributed by atoms with van der Waals surface area (Å²) in [5, 5.41) is 3.46. The Morgan fingerprint density at radius 1 is 1.18 bits per heavy atom. The first-order valence-electron chi connectivity index (χ1n) is 10.7. The van der Waals surface area contributed by atoms with Crippen LogP contribution in [0.4, 0.5) is 28.9 Å². The third-order valence-corrected chi connectivity index (χ3v) is 7.70.